The predicted octanol–water partition coefficient (Wildman–Crippen LogP) is 3.25. The van der Waals surface area contributed by atoms with Crippen LogP contribution in [-0.4, -0.2) is 26.6 Å². The smallest absolute Gasteiger partial charge is 0.265 e. The summed E-state index contributed by atoms with van der Waals surface area (Å²) in [6, 6.07) is 10.6. The quantitative estimate of drug-likeness (QED) is 0.694. The largest absolute Gasteiger partial charge is 0.345 e. The number of thiophene rings is 1. The summed E-state index contributed by atoms with van der Waals surface area (Å²) < 4.78 is 2.11. The van der Waals surface area contributed by atoms with Gasteiger partial charge in [0, 0.05) is 13.0 Å². The van der Waals surface area contributed by atoms with E-state index < -0.39 is 0 Å². The van der Waals surface area contributed by atoms with Crippen molar-refractivity contribution in [1.29, 1.82) is 0 Å². The van der Waals surface area contributed by atoms with Gasteiger partial charge in [0.15, 0.2) is 5.82 Å². The maximum absolute atomic E-state index is 12.7. The zero-order valence-corrected chi connectivity index (χ0v) is 16.2. The van der Waals surface area contributed by atoms with Gasteiger partial charge in [-0.25, -0.2) is 0 Å². The lowest BCUT2D eigenvalue weighted by atomic mass is 10.1. The van der Waals surface area contributed by atoms with Gasteiger partial charge in [-0.05, 0) is 36.4 Å². The Morgan fingerprint density at radius 2 is 1.93 bits per heavy atom. The minimum atomic E-state index is -0.256. The van der Waals surface area contributed by atoms with Crippen molar-refractivity contribution in [3.05, 3.63) is 63.9 Å². The second kappa shape index (κ2) is 8.35. The Hall–Kier alpha value is -3.00. The SMILES string of the molecule is O=C(Nc1ccccc1C(=O)NCc1nnc2n1CCCCC2)c1cccs1. The molecule has 0 bridgehead atoms. The van der Waals surface area contributed by atoms with Crippen LogP contribution in [0.4, 0.5) is 5.69 Å². The van der Waals surface area contributed by atoms with Gasteiger partial charge in [-0.15, -0.1) is 21.5 Å². The van der Waals surface area contributed by atoms with Crippen molar-refractivity contribution >= 4 is 28.8 Å². The van der Waals surface area contributed by atoms with Crippen LogP contribution < -0.4 is 10.6 Å². The zero-order valence-electron chi connectivity index (χ0n) is 15.4. The molecule has 4 rings (SSSR count). The molecule has 3 heterocycles. The van der Waals surface area contributed by atoms with E-state index in [1.807, 2.05) is 11.4 Å². The molecule has 3 aromatic rings. The van der Waals surface area contributed by atoms with Crippen LogP contribution in [0.2, 0.25) is 0 Å². The Bertz CT molecular complexity index is 980. The number of hydrogen-bond donors (Lipinski definition) is 2. The number of fused-ring (bicyclic) bond motifs is 1. The van der Waals surface area contributed by atoms with Crippen LogP contribution in [0.3, 0.4) is 0 Å². The zero-order chi connectivity index (χ0) is 19.3. The van der Waals surface area contributed by atoms with Gasteiger partial charge < -0.3 is 15.2 Å². The van der Waals surface area contributed by atoms with Gasteiger partial charge in [0.1, 0.15) is 5.82 Å². The molecular weight excluding hydrogens is 374 g/mol. The number of para-hydroxylation sites is 1. The highest BCUT2D eigenvalue weighted by molar-refractivity contribution is 7.12. The number of benzene rings is 1. The first-order valence-corrected chi connectivity index (χ1v) is 10.2. The summed E-state index contributed by atoms with van der Waals surface area (Å²) in [4.78, 5) is 25.7. The lowest BCUT2D eigenvalue weighted by Gasteiger charge is -2.11. The average Bonchev–Trinajstić information content (AvgIpc) is 3.32. The summed E-state index contributed by atoms with van der Waals surface area (Å²) in [6.45, 7) is 1.19. The van der Waals surface area contributed by atoms with Crippen molar-refractivity contribution in [3.8, 4) is 0 Å². The standard InChI is InChI=1S/C20H21N5O2S/c26-19(21-13-18-24-23-17-10-2-1-5-11-25(17)18)14-7-3-4-8-15(14)22-20(27)16-9-6-12-28-16/h3-4,6-9,12H,1-2,5,10-11,13H2,(H,21,26)(H,22,27). The Kier molecular flexibility index (Phi) is 5.48. The summed E-state index contributed by atoms with van der Waals surface area (Å²) in [5.41, 5.74) is 0.904. The fourth-order valence-corrected chi connectivity index (χ4v) is 3.93. The molecule has 1 aromatic carbocycles. The van der Waals surface area contributed by atoms with Crippen molar-refractivity contribution in [2.24, 2.45) is 0 Å². The molecule has 144 valence electrons. The Morgan fingerprint density at radius 3 is 2.79 bits per heavy atom. The Labute approximate surface area is 166 Å². The van der Waals surface area contributed by atoms with Gasteiger partial charge in [-0.1, -0.05) is 24.6 Å². The molecule has 2 aromatic heterocycles. The number of anilines is 1. The monoisotopic (exact) mass is 395 g/mol. The van der Waals surface area contributed by atoms with Gasteiger partial charge in [0.2, 0.25) is 0 Å². The number of nitrogens with one attached hydrogen (secondary N) is 2. The van der Waals surface area contributed by atoms with Crippen LogP contribution >= 0.6 is 11.3 Å². The number of carbonyl (C=O) groups is 2. The van der Waals surface area contributed by atoms with Crippen molar-refractivity contribution in [1.82, 2.24) is 20.1 Å². The normalized spacial score (nSPS) is 13.4. The number of carbonyl (C=O) groups excluding carboxylic acids is 2. The van der Waals surface area contributed by atoms with E-state index in [9.17, 15) is 9.59 Å². The molecule has 1 aliphatic heterocycles. The van der Waals surface area contributed by atoms with E-state index >= 15 is 0 Å². The molecule has 0 fully saturated rings. The van der Waals surface area contributed by atoms with Crippen molar-refractivity contribution < 1.29 is 9.59 Å². The Morgan fingerprint density at radius 1 is 1.04 bits per heavy atom. The van der Waals surface area contributed by atoms with Gasteiger partial charge in [-0.3, -0.25) is 9.59 Å². The predicted molar refractivity (Wildman–Crippen MR) is 107 cm³/mol. The lowest BCUT2D eigenvalue weighted by molar-refractivity contribution is 0.0950. The maximum atomic E-state index is 12.7. The third-order valence-corrected chi connectivity index (χ3v) is 5.63. The van der Waals surface area contributed by atoms with Crippen LogP contribution in [0.15, 0.2) is 41.8 Å². The molecular formula is C20H21N5O2S. The van der Waals surface area contributed by atoms with E-state index in [0.29, 0.717) is 22.7 Å². The summed E-state index contributed by atoms with van der Waals surface area (Å²) in [7, 11) is 0. The molecule has 2 amide bonds. The second-order valence-corrected chi connectivity index (χ2v) is 7.60. The molecule has 7 nitrogen and oxygen atoms in total. The second-order valence-electron chi connectivity index (χ2n) is 6.65. The first-order valence-electron chi connectivity index (χ1n) is 9.35. The van der Waals surface area contributed by atoms with Gasteiger partial charge in [0.05, 0.1) is 22.7 Å². The van der Waals surface area contributed by atoms with Gasteiger partial charge >= 0.3 is 0 Å². The highest BCUT2D eigenvalue weighted by Gasteiger charge is 2.17. The fraction of sp³-hybridized carbons (Fsp3) is 0.300. The summed E-state index contributed by atoms with van der Waals surface area (Å²) >= 11 is 1.36. The van der Waals surface area contributed by atoms with E-state index in [1.54, 1.807) is 30.3 Å². The first kappa shape index (κ1) is 18.4. The van der Waals surface area contributed by atoms with E-state index in [0.717, 1.165) is 37.5 Å². The first-order chi connectivity index (χ1) is 13.7. The molecule has 0 aliphatic carbocycles. The summed E-state index contributed by atoms with van der Waals surface area (Å²) in [5, 5.41) is 16.1. The fourth-order valence-electron chi connectivity index (χ4n) is 3.31. The molecule has 0 saturated carbocycles. The molecule has 28 heavy (non-hydrogen) atoms. The van der Waals surface area contributed by atoms with E-state index in [1.165, 1.54) is 17.8 Å². The molecule has 8 heteroatoms. The van der Waals surface area contributed by atoms with Crippen LogP contribution in [0.1, 0.15) is 50.9 Å². The molecule has 0 saturated heterocycles. The van der Waals surface area contributed by atoms with Crippen LogP contribution in [-0.2, 0) is 19.5 Å². The maximum Gasteiger partial charge on any atom is 0.265 e. The molecule has 0 radical (unpaired) electrons. The lowest BCUT2D eigenvalue weighted by Crippen LogP contribution is -2.26. The van der Waals surface area contributed by atoms with E-state index in [-0.39, 0.29) is 11.8 Å². The van der Waals surface area contributed by atoms with Crippen molar-refractivity contribution in [3.63, 3.8) is 0 Å². The molecule has 1 aliphatic rings. The van der Waals surface area contributed by atoms with Crippen molar-refractivity contribution in [2.45, 2.75) is 38.8 Å². The van der Waals surface area contributed by atoms with Crippen LogP contribution in [0.25, 0.3) is 0 Å². The average molecular weight is 395 g/mol. The number of hydrogen-bond acceptors (Lipinski definition) is 5. The van der Waals surface area contributed by atoms with Gasteiger partial charge in [-0.2, -0.15) is 0 Å². The van der Waals surface area contributed by atoms with Crippen molar-refractivity contribution in [2.75, 3.05) is 5.32 Å². The highest BCUT2D eigenvalue weighted by Crippen LogP contribution is 2.19. The third-order valence-electron chi connectivity index (χ3n) is 4.76. The highest BCUT2D eigenvalue weighted by atomic mass is 32.1. The molecule has 0 unspecified atom stereocenters. The number of nitrogens with zero attached hydrogens (tertiary/aromatic N) is 3. The third kappa shape index (κ3) is 3.96. The number of aryl methyl sites for hydroxylation is 1. The van der Waals surface area contributed by atoms with Crippen LogP contribution in [0, 0.1) is 0 Å². The van der Waals surface area contributed by atoms with Gasteiger partial charge in [0.25, 0.3) is 11.8 Å². The van der Waals surface area contributed by atoms with E-state index in [4.69, 9.17) is 0 Å². The molecule has 2 N–H and O–H groups in total. The Balaban J connectivity index is 1.46. The summed E-state index contributed by atoms with van der Waals surface area (Å²) in [5.74, 6) is 1.28. The number of aromatic nitrogens is 3. The number of amides is 2. The van der Waals surface area contributed by atoms with Crippen LogP contribution in [0.5, 0.6) is 0 Å². The topological polar surface area (TPSA) is 88.9 Å². The number of rotatable bonds is 5. The molecule has 0 atom stereocenters. The molecule has 0 spiro atoms. The minimum absolute atomic E-state index is 0.224. The van der Waals surface area contributed by atoms with E-state index in [2.05, 4.69) is 25.4 Å². The summed E-state index contributed by atoms with van der Waals surface area (Å²) in [6.07, 6.45) is 4.34. The minimum Gasteiger partial charge on any atom is -0.345 e.